The Morgan fingerprint density at radius 2 is 1.19 bits per heavy atom. The molecule has 7 rings (SSSR count). The molecule has 220 valence electrons. The van der Waals surface area contributed by atoms with Gasteiger partial charge in [-0.3, -0.25) is 0 Å². The van der Waals surface area contributed by atoms with E-state index < -0.39 is 0 Å². The van der Waals surface area contributed by atoms with Crippen LogP contribution in [0.4, 0.5) is 0 Å². The third-order valence-corrected chi connectivity index (χ3v) is 9.82. The van der Waals surface area contributed by atoms with E-state index in [9.17, 15) is 0 Å². The van der Waals surface area contributed by atoms with Crippen LogP contribution in [-0.2, 0) is 21.7 Å². The average Bonchev–Trinajstić information content (AvgIpc) is 3.22. The van der Waals surface area contributed by atoms with Crippen LogP contribution < -0.4 is 21.1 Å². The Morgan fingerprint density at radius 1 is 0.581 bits per heavy atom. The van der Waals surface area contributed by atoms with Gasteiger partial charge in [-0.2, -0.15) is 0 Å². The summed E-state index contributed by atoms with van der Waals surface area (Å²) < 4.78 is 9.53. The molecule has 0 atom stereocenters. The summed E-state index contributed by atoms with van der Waals surface area (Å²) in [6.07, 6.45) is 0. The Morgan fingerprint density at radius 3 is 1.81 bits per heavy atom. The number of rotatable bonds is 0. The number of benzene rings is 4. The molecular weight excluding hydrogens is 521 g/mol. The van der Waals surface area contributed by atoms with Gasteiger partial charge in [0.05, 0.1) is 5.52 Å². The number of fused-ring (bicyclic) bond motifs is 7. The first-order chi connectivity index (χ1) is 19.9. The van der Waals surface area contributed by atoms with Crippen molar-refractivity contribution in [2.75, 3.05) is 0 Å². The molecule has 3 heterocycles. The second-order valence-corrected chi connectivity index (χ2v) is 17.2. The van der Waals surface area contributed by atoms with Crippen LogP contribution in [0, 0.1) is 0 Å². The van der Waals surface area contributed by atoms with Crippen LogP contribution >= 0.6 is 0 Å². The van der Waals surface area contributed by atoms with Crippen molar-refractivity contribution in [1.29, 1.82) is 0 Å². The van der Waals surface area contributed by atoms with Crippen molar-refractivity contribution in [3.63, 3.8) is 0 Å². The summed E-state index contributed by atoms with van der Waals surface area (Å²) in [4.78, 5) is 0. The van der Waals surface area contributed by atoms with Crippen LogP contribution in [0.5, 0.6) is 11.5 Å². The molecule has 0 fully saturated rings. The fraction of sp³-hybridized carbons (Fsp3) is 0.400. The number of hydrogen-bond donors (Lipinski definition) is 0. The minimum Gasteiger partial charge on any atom is -0.458 e. The van der Waals surface area contributed by atoms with Gasteiger partial charge in [0.15, 0.2) is 0 Å². The summed E-state index contributed by atoms with van der Waals surface area (Å²) in [5.41, 5.74) is 13.3. The normalized spacial score (nSPS) is 14.7. The maximum absolute atomic E-state index is 7.00. The van der Waals surface area contributed by atoms with Gasteiger partial charge in [0, 0.05) is 22.0 Å². The van der Waals surface area contributed by atoms with Crippen molar-refractivity contribution in [2.24, 2.45) is 0 Å². The van der Waals surface area contributed by atoms with Crippen molar-refractivity contribution in [1.82, 2.24) is 4.57 Å². The van der Waals surface area contributed by atoms with E-state index in [0.29, 0.717) is 0 Å². The molecule has 0 radical (unpaired) electrons. The van der Waals surface area contributed by atoms with Gasteiger partial charge in [0.25, 0.3) is 6.71 Å². The van der Waals surface area contributed by atoms with Gasteiger partial charge in [-0.25, -0.2) is 0 Å². The lowest BCUT2D eigenvalue weighted by Crippen LogP contribution is -2.59. The molecule has 3 heteroatoms. The molecule has 0 unspecified atom stereocenters. The molecule has 0 saturated heterocycles. The van der Waals surface area contributed by atoms with Gasteiger partial charge in [-0.15, -0.1) is 0 Å². The lowest BCUT2D eigenvalue weighted by Gasteiger charge is -2.37. The molecule has 2 aliphatic heterocycles. The van der Waals surface area contributed by atoms with Crippen LogP contribution in [0.25, 0.3) is 27.5 Å². The molecule has 43 heavy (non-hydrogen) atoms. The predicted molar refractivity (Wildman–Crippen MR) is 187 cm³/mol. The third kappa shape index (κ3) is 4.14. The SMILES string of the molecule is CC(C)(C)c1cc2c(c(C(C)(C)C)c1)Oc1cccc3c1B2c1cc(C(C)(C)C)cc2c4cc(C(C)(C)C)ccc4n-3c12. The van der Waals surface area contributed by atoms with Crippen molar-refractivity contribution < 1.29 is 4.74 Å². The van der Waals surface area contributed by atoms with Crippen molar-refractivity contribution in [3.8, 4) is 17.2 Å². The number of nitrogens with zero attached hydrogens (tertiary/aromatic N) is 1. The van der Waals surface area contributed by atoms with Gasteiger partial charge >= 0.3 is 0 Å². The van der Waals surface area contributed by atoms with Crippen LogP contribution in [0.2, 0.25) is 0 Å². The van der Waals surface area contributed by atoms with Crippen molar-refractivity contribution in [2.45, 2.75) is 105 Å². The number of hydrogen-bond acceptors (Lipinski definition) is 1. The van der Waals surface area contributed by atoms with E-state index in [1.54, 1.807) is 0 Å². The molecule has 0 amide bonds. The van der Waals surface area contributed by atoms with Crippen LogP contribution in [0.3, 0.4) is 0 Å². The van der Waals surface area contributed by atoms with Crippen LogP contribution in [0.1, 0.15) is 105 Å². The minimum absolute atomic E-state index is 0.0123. The zero-order valence-corrected chi connectivity index (χ0v) is 28.2. The summed E-state index contributed by atoms with van der Waals surface area (Å²) in [6, 6.07) is 23.6. The molecule has 0 saturated carbocycles. The van der Waals surface area contributed by atoms with Gasteiger partial charge < -0.3 is 9.30 Å². The average molecular weight is 568 g/mol. The van der Waals surface area contributed by atoms with Gasteiger partial charge in [0.1, 0.15) is 11.5 Å². The fourth-order valence-corrected chi connectivity index (χ4v) is 7.21. The van der Waals surface area contributed by atoms with Crippen molar-refractivity contribution in [3.05, 3.63) is 82.9 Å². The number of ether oxygens (including phenoxy) is 1. The summed E-state index contributed by atoms with van der Waals surface area (Å²) in [5, 5.41) is 2.70. The monoisotopic (exact) mass is 567 g/mol. The maximum atomic E-state index is 7.00. The summed E-state index contributed by atoms with van der Waals surface area (Å²) in [5.74, 6) is 2.03. The molecule has 0 spiro atoms. The Hall–Kier alpha value is -3.46. The van der Waals surface area contributed by atoms with E-state index in [4.69, 9.17) is 4.74 Å². The first-order valence-corrected chi connectivity index (χ1v) is 16.0. The van der Waals surface area contributed by atoms with E-state index in [1.165, 1.54) is 66.1 Å². The Kier molecular flexibility index (Phi) is 5.66. The first kappa shape index (κ1) is 28.3. The highest BCUT2D eigenvalue weighted by molar-refractivity contribution is 6.99. The van der Waals surface area contributed by atoms with Crippen LogP contribution in [0.15, 0.2) is 60.7 Å². The topological polar surface area (TPSA) is 14.2 Å². The lowest BCUT2D eigenvalue weighted by molar-refractivity contribution is 0.457. The molecular formula is C40H46BNO. The maximum Gasteiger partial charge on any atom is 0.256 e. The molecule has 2 aliphatic rings. The molecule has 0 N–H and O–H groups in total. The Balaban J connectivity index is 1.68. The lowest BCUT2D eigenvalue weighted by atomic mass is 9.34. The van der Waals surface area contributed by atoms with E-state index in [0.717, 1.165) is 11.5 Å². The fourth-order valence-electron chi connectivity index (χ4n) is 7.21. The zero-order chi connectivity index (χ0) is 31.0. The van der Waals surface area contributed by atoms with E-state index in [1.807, 2.05) is 0 Å². The standard InChI is InChI=1S/C40H46BNO/c1-37(2,3)23-16-17-31-26(18-23)27-19-24(38(4,5)6)21-29-35(27)42(31)32-14-13-15-33-34(32)41(29)30-22-25(39(7,8)9)20-28(36(30)43-33)40(10,11)12/h13-22H,1-12H3. The van der Waals surface area contributed by atoms with E-state index in [-0.39, 0.29) is 28.4 Å². The van der Waals surface area contributed by atoms with Gasteiger partial charge in [0.2, 0.25) is 0 Å². The van der Waals surface area contributed by atoms with Crippen LogP contribution in [-0.4, -0.2) is 11.3 Å². The smallest absolute Gasteiger partial charge is 0.256 e. The zero-order valence-electron chi connectivity index (χ0n) is 28.2. The Bertz CT molecular complexity index is 1980. The summed E-state index contributed by atoms with van der Waals surface area (Å²) >= 11 is 0. The van der Waals surface area contributed by atoms with Gasteiger partial charge in [-0.05, 0) is 90.6 Å². The Labute approximate surface area is 258 Å². The number of aromatic nitrogens is 1. The second kappa shape index (κ2) is 8.59. The molecule has 0 bridgehead atoms. The van der Waals surface area contributed by atoms with Crippen molar-refractivity contribution >= 4 is 44.9 Å². The molecule has 0 aliphatic carbocycles. The second-order valence-electron chi connectivity index (χ2n) is 17.2. The first-order valence-electron chi connectivity index (χ1n) is 16.0. The third-order valence-electron chi connectivity index (χ3n) is 9.82. The van der Waals surface area contributed by atoms with E-state index in [2.05, 4.69) is 148 Å². The highest BCUT2D eigenvalue weighted by Gasteiger charge is 2.43. The molecule has 5 aromatic rings. The quantitative estimate of drug-likeness (QED) is 0.167. The summed E-state index contributed by atoms with van der Waals surface area (Å²) in [7, 11) is 0. The highest BCUT2D eigenvalue weighted by atomic mass is 16.5. The molecule has 4 aromatic carbocycles. The molecule has 2 nitrogen and oxygen atoms in total. The summed E-state index contributed by atoms with van der Waals surface area (Å²) in [6.45, 7) is 28.0. The predicted octanol–water partition coefficient (Wildman–Crippen LogP) is 8.91. The highest BCUT2D eigenvalue weighted by Crippen LogP contribution is 2.43. The minimum atomic E-state index is -0.0596. The molecule has 1 aromatic heterocycles. The largest absolute Gasteiger partial charge is 0.458 e. The van der Waals surface area contributed by atoms with E-state index >= 15 is 0 Å². The van der Waals surface area contributed by atoms with Gasteiger partial charge in [-0.1, -0.05) is 113 Å².